The smallest absolute Gasteiger partial charge is 0.295 e. The SMILES string of the molecule is COCCN(C(=O)c1ccco1)c1nnc(Cn2nnc3ccccc32)s1. The number of aromatic nitrogens is 5. The van der Waals surface area contributed by atoms with Gasteiger partial charge < -0.3 is 9.15 Å². The summed E-state index contributed by atoms with van der Waals surface area (Å²) in [6, 6.07) is 11.0. The number of carbonyl (C=O) groups excluding carboxylic acids is 1. The van der Waals surface area contributed by atoms with E-state index in [1.165, 1.54) is 22.5 Å². The van der Waals surface area contributed by atoms with E-state index in [1.807, 2.05) is 24.3 Å². The van der Waals surface area contributed by atoms with Gasteiger partial charge in [-0.15, -0.1) is 15.3 Å². The number of amides is 1. The number of carbonyl (C=O) groups is 1. The lowest BCUT2D eigenvalue weighted by Crippen LogP contribution is -2.33. The van der Waals surface area contributed by atoms with E-state index in [9.17, 15) is 4.79 Å². The number of hydrogen-bond donors (Lipinski definition) is 0. The molecule has 1 amide bonds. The molecule has 0 N–H and O–H groups in total. The summed E-state index contributed by atoms with van der Waals surface area (Å²) in [5.74, 6) is -0.0453. The van der Waals surface area contributed by atoms with Crippen molar-refractivity contribution in [2.45, 2.75) is 6.54 Å². The first-order valence-corrected chi connectivity index (χ1v) is 9.03. The Balaban J connectivity index is 1.58. The molecule has 0 saturated heterocycles. The third-order valence-electron chi connectivity index (χ3n) is 3.89. The minimum absolute atomic E-state index is 0.241. The van der Waals surface area contributed by atoms with E-state index >= 15 is 0 Å². The van der Waals surface area contributed by atoms with Gasteiger partial charge in [0.05, 0.1) is 31.5 Å². The van der Waals surface area contributed by atoms with Gasteiger partial charge in [-0.05, 0) is 24.3 Å². The van der Waals surface area contributed by atoms with Gasteiger partial charge in [-0.3, -0.25) is 9.69 Å². The first-order chi connectivity index (χ1) is 13.3. The molecule has 0 radical (unpaired) electrons. The number of methoxy groups -OCH3 is 1. The average molecular weight is 384 g/mol. The van der Waals surface area contributed by atoms with Crippen LogP contribution in [0, 0.1) is 0 Å². The second kappa shape index (κ2) is 7.64. The Bertz CT molecular complexity index is 1040. The average Bonchev–Trinajstić information content (AvgIpc) is 3.44. The molecule has 10 heteroatoms. The summed E-state index contributed by atoms with van der Waals surface area (Å²) in [4.78, 5) is 14.2. The second-order valence-electron chi connectivity index (χ2n) is 5.64. The fourth-order valence-electron chi connectivity index (χ4n) is 2.58. The molecule has 0 saturated carbocycles. The normalized spacial score (nSPS) is 11.1. The molecule has 0 bridgehead atoms. The molecule has 3 aromatic heterocycles. The lowest BCUT2D eigenvalue weighted by atomic mass is 10.3. The number of para-hydroxylation sites is 1. The van der Waals surface area contributed by atoms with Crippen LogP contribution >= 0.6 is 11.3 Å². The molecule has 0 fully saturated rings. The van der Waals surface area contributed by atoms with Crippen molar-refractivity contribution in [3.63, 3.8) is 0 Å². The summed E-state index contributed by atoms with van der Waals surface area (Å²) < 4.78 is 12.1. The number of benzene rings is 1. The maximum atomic E-state index is 12.7. The molecular formula is C17H16N6O3S. The van der Waals surface area contributed by atoms with Crippen LogP contribution in [0.25, 0.3) is 11.0 Å². The molecule has 0 spiro atoms. The highest BCUT2D eigenvalue weighted by Crippen LogP contribution is 2.23. The highest BCUT2D eigenvalue weighted by atomic mass is 32.1. The van der Waals surface area contributed by atoms with Gasteiger partial charge in [-0.2, -0.15) is 0 Å². The predicted molar refractivity (Wildman–Crippen MR) is 98.8 cm³/mol. The Kier molecular flexibility index (Phi) is 4.90. The lowest BCUT2D eigenvalue weighted by molar-refractivity contribution is 0.0949. The zero-order valence-corrected chi connectivity index (χ0v) is 15.3. The van der Waals surface area contributed by atoms with Gasteiger partial charge in [-0.1, -0.05) is 28.7 Å². The van der Waals surface area contributed by atoms with E-state index in [0.717, 1.165) is 16.0 Å². The zero-order valence-electron chi connectivity index (χ0n) is 14.5. The highest BCUT2D eigenvalue weighted by molar-refractivity contribution is 7.15. The Morgan fingerprint density at radius 1 is 1.22 bits per heavy atom. The fourth-order valence-corrected chi connectivity index (χ4v) is 3.43. The van der Waals surface area contributed by atoms with E-state index < -0.39 is 0 Å². The molecule has 1 aromatic carbocycles. The van der Waals surface area contributed by atoms with Crippen LogP contribution in [0.15, 0.2) is 47.1 Å². The van der Waals surface area contributed by atoms with Crippen molar-refractivity contribution in [3.8, 4) is 0 Å². The minimum Gasteiger partial charge on any atom is -0.459 e. The Morgan fingerprint density at radius 3 is 2.93 bits per heavy atom. The fraction of sp³-hybridized carbons (Fsp3) is 0.235. The third kappa shape index (κ3) is 3.57. The number of furan rings is 1. The molecule has 4 aromatic rings. The van der Waals surface area contributed by atoms with Crippen molar-refractivity contribution in [1.82, 2.24) is 25.2 Å². The lowest BCUT2D eigenvalue weighted by Gasteiger charge is -2.17. The van der Waals surface area contributed by atoms with Gasteiger partial charge in [-0.25, -0.2) is 4.68 Å². The zero-order chi connectivity index (χ0) is 18.6. The van der Waals surface area contributed by atoms with Crippen LogP contribution in [0.3, 0.4) is 0 Å². The maximum absolute atomic E-state index is 12.7. The summed E-state index contributed by atoms with van der Waals surface area (Å²) in [5.41, 5.74) is 1.73. The van der Waals surface area contributed by atoms with E-state index in [4.69, 9.17) is 9.15 Å². The number of nitrogens with zero attached hydrogens (tertiary/aromatic N) is 6. The summed E-state index contributed by atoms with van der Waals surface area (Å²) >= 11 is 1.32. The topological polar surface area (TPSA) is 99.2 Å². The quantitative estimate of drug-likeness (QED) is 0.482. The van der Waals surface area contributed by atoms with Gasteiger partial charge >= 0.3 is 0 Å². The van der Waals surface area contributed by atoms with Crippen molar-refractivity contribution in [3.05, 3.63) is 53.4 Å². The van der Waals surface area contributed by atoms with Crippen molar-refractivity contribution in [1.29, 1.82) is 0 Å². The monoisotopic (exact) mass is 384 g/mol. The highest BCUT2D eigenvalue weighted by Gasteiger charge is 2.23. The number of hydrogen-bond acceptors (Lipinski definition) is 8. The molecule has 0 atom stereocenters. The van der Waals surface area contributed by atoms with Crippen LogP contribution in [0.1, 0.15) is 15.6 Å². The summed E-state index contributed by atoms with van der Waals surface area (Å²) in [5, 5.41) is 17.9. The predicted octanol–water partition coefficient (Wildman–Crippen LogP) is 2.22. The number of ether oxygens (including phenoxy) is 1. The molecule has 4 rings (SSSR count). The molecule has 0 unspecified atom stereocenters. The van der Waals surface area contributed by atoms with Crippen LogP contribution in [0.2, 0.25) is 0 Å². The van der Waals surface area contributed by atoms with Crippen LogP contribution in [-0.2, 0) is 11.3 Å². The molecule has 3 heterocycles. The van der Waals surface area contributed by atoms with Crippen molar-refractivity contribution >= 4 is 33.4 Å². The van der Waals surface area contributed by atoms with Gasteiger partial charge in [0, 0.05) is 7.11 Å². The number of fused-ring (bicyclic) bond motifs is 1. The summed E-state index contributed by atoms with van der Waals surface area (Å²) in [7, 11) is 1.58. The summed E-state index contributed by atoms with van der Waals surface area (Å²) in [6.45, 7) is 1.14. The van der Waals surface area contributed by atoms with Crippen LogP contribution < -0.4 is 4.90 Å². The van der Waals surface area contributed by atoms with E-state index in [2.05, 4.69) is 20.5 Å². The number of rotatable bonds is 7. The van der Waals surface area contributed by atoms with Crippen LogP contribution in [0.4, 0.5) is 5.13 Å². The Labute approximate surface area is 158 Å². The molecule has 138 valence electrons. The van der Waals surface area contributed by atoms with E-state index in [1.54, 1.807) is 23.9 Å². The van der Waals surface area contributed by atoms with Crippen molar-refractivity contribution < 1.29 is 13.9 Å². The van der Waals surface area contributed by atoms with Gasteiger partial charge in [0.15, 0.2) is 5.76 Å². The molecule has 0 aliphatic carbocycles. The van der Waals surface area contributed by atoms with E-state index in [-0.39, 0.29) is 11.7 Å². The van der Waals surface area contributed by atoms with Gasteiger partial charge in [0.25, 0.3) is 5.91 Å². The molecule has 9 nitrogen and oxygen atoms in total. The van der Waals surface area contributed by atoms with Crippen LogP contribution in [0.5, 0.6) is 0 Å². The van der Waals surface area contributed by atoms with Gasteiger partial charge in [0.1, 0.15) is 10.5 Å². The number of anilines is 1. The third-order valence-corrected chi connectivity index (χ3v) is 4.82. The largest absolute Gasteiger partial charge is 0.459 e. The van der Waals surface area contributed by atoms with Crippen molar-refractivity contribution in [2.75, 3.05) is 25.2 Å². The molecule has 0 aliphatic heterocycles. The van der Waals surface area contributed by atoms with Crippen LogP contribution in [-0.4, -0.2) is 51.4 Å². The second-order valence-corrected chi connectivity index (χ2v) is 6.68. The molecular weight excluding hydrogens is 368 g/mol. The minimum atomic E-state index is -0.286. The van der Waals surface area contributed by atoms with Crippen molar-refractivity contribution in [2.24, 2.45) is 0 Å². The summed E-state index contributed by atoms with van der Waals surface area (Å²) in [6.07, 6.45) is 1.46. The van der Waals surface area contributed by atoms with Gasteiger partial charge in [0.2, 0.25) is 5.13 Å². The maximum Gasteiger partial charge on any atom is 0.295 e. The Morgan fingerprint density at radius 2 is 2.11 bits per heavy atom. The standard InChI is InChI=1S/C17H16N6O3S/c1-25-10-8-22(16(24)14-7-4-9-26-14)17-20-19-15(27-17)11-23-13-6-3-2-5-12(13)18-21-23/h2-7,9H,8,10-11H2,1H3. The molecule has 0 aliphatic rings. The first kappa shape index (κ1) is 17.3. The van der Waals surface area contributed by atoms with E-state index in [0.29, 0.717) is 24.8 Å². The Hall–Kier alpha value is -3.11. The first-order valence-electron chi connectivity index (χ1n) is 8.21. The molecule has 27 heavy (non-hydrogen) atoms.